The van der Waals surface area contributed by atoms with Gasteiger partial charge in [0.15, 0.2) is 0 Å². The molecule has 2 rings (SSSR count). The van der Waals surface area contributed by atoms with Crippen molar-refractivity contribution >= 4 is 23.1 Å². The summed E-state index contributed by atoms with van der Waals surface area (Å²) in [4.78, 5) is 19.6. The number of hydrogen-bond acceptors (Lipinski definition) is 6. The summed E-state index contributed by atoms with van der Waals surface area (Å²) in [5.74, 6) is 0.149. The van der Waals surface area contributed by atoms with Gasteiger partial charge in [0.2, 0.25) is 11.1 Å². The number of aromatic nitrogens is 2. The molecule has 0 spiro atoms. The molecule has 1 N–H and O–H groups in total. The van der Waals surface area contributed by atoms with E-state index in [0.29, 0.717) is 6.42 Å². The molecule has 1 saturated carbocycles. The van der Waals surface area contributed by atoms with Gasteiger partial charge in [0, 0.05) is 7.05 Å². The van der Waals surface area contributed by atoms with E-state index < -0.39 is 11.0 Å². The predicted octanol–water partition coefficient (Wildman–Crippen LogP) is 1.78. The first-order valence-electron chi connectivity index (χ1n) is 6.08. The van der Waals surface area contributed by atoms with Crippen LogP contribution in [0, 0.1) is 10.1 Å². The van der Waals surface area contributed by atoms with E-state index in [1.165, 1.54) is 0 Å². The van der Waals surface area contributed by atoms with Crippen molar-refractivity contribution in [2.45, 2.75) is 37.8 Å². The van der Waals surface area contributed by atoms with Crippen molar-refractivity contribution in [3.05, 3.63) is 21.6 Å². The maximum absolute atomic E-state index is 11.0. The third-order valence-electron chi connectivity index (χ3n) is 3.44. The number of hydrogen-bond donors (Lipinski definition) is 1. The molecule has 1 aromatic rings. The van der Waals surface area contributed by atoms with Gasteiger partial charge in [-0.25, -0.2) is 4.98 Å². The van der Waals surface area contributed by atoms with Gasteiger partial charge in [-0.05, 0) is 24.4 Å². The van der Waals surface area contributed by atoms with Gasteiger partial charge in [-0.3, -0.25) is 10.1 Å². The zero-order valence-corrected chi connectivity index (χ0v) is 11.2. The predicted molar refractivity (Wildman–Crippen MR) is 70.4 cm³/mol. The van der Waals surface area contributed by atoms with E-state index in [1.807, 2.05) is 0 Å². The molecular weight excluding hydrogens is 272 g/mol. The summed E-state index contributed by atoms with van der Waals surface area (Å²) >= 11 is 5.71. The molecule has 0 aromatic carbocycles. The first-order valence-corrected chi connectivity index (χ1v) is 6.46. The highest BCUT2D eigenvalue weighted by atomic mass is 35.5. The summed E-state index contributed by atoms with van der Waals surface area (Å²) in [6.07, 6.45) is 4.01. The summed E-state index contributed by atoms with van der Waals surface area (Å²) in [6, 6.07) is -0.182. The van der Waals surface area contributed by atoms with Crippen LogP contribution >= 0.6 is 11.6 Å². The summed E-state index contributed by atoms with van der Waals surface area (Å²) in [5, 5.41) is 21.0. The minimum atomic E-state index is -0.544. The van der Waals surface area contributed by atoms with Crippen LogP contribution in [0.2, 0.25) is 5.28 Å². The lowest BCUT2D eigenvalue weighted by molar-refractivity contribution is -0.384. The van der Waals surface area contributed by atoms with Crippen LogP contribution in [0.25, 0.3) is 0 Å². The lowest BCUT2D eigenvalue weighted by Gasteiger charge is -2.35. The van der Waals surface area contributed by atoms with Crippen molar-refractivity contribution in [3.63, 3.8) is 0 Å². The molecule has 0 aliphatic heterocycles. The highest BCUT2D eigenvalue weighted by Gasteiger charge is 2.31. The molecule has 0 radical (unpaired) electrons. The molecule has 1 aliphatic rings. The van der Waals surface area contributed by atoms with E-state index in [2.05, 4.69) is 9.97 Å². The van der Waals surface area contributed by atoms with Crippen LogP contribution in [0.4, 0.5) is 11.5 Å². The quantitative estimate of drug-likeness (QED) is 0.517. The fraction of sp³-hybridized carbons (Fsp3) is 0.636. The molecule has 104 valence electrons. The van der Waals surface area contributed by atoms with Crippen LogP contribution in [0.3, 0.4) is 0 Å². The van der Waals surface area contributed by atoms with Gasteiger partial charge in [0.25, 0.3) is 0 Å². The molecule has 19 heavy (non-hydrogen) atoms. The van der Waals surface area contributed by atoms with Crippen molar-refractivity contribution in [1.82, 2.24) is 9.97 Å². The minimum absolute atomic E-state index is 0.0438. The lowest BCUT2D eigenvalue weighted by Crippen LogP contribution is -2.44. The molecule has 1 heterocycles. The number of halogens is 1. The fourth-order valence-electron chi connectivity index (χ4n) is 2.43. The largest absolute Gasteiger partial charge is 0.391 e. The molecule has 1 aromatic heterocycles. The Hall–Kier alpha value is -1.47. The van der Waals surface area contributed by atoms with Crippen molar-refractivity contribution in [2.24, 2.45) is 0 Å². The van der Waals surface area contributed by atoms with Gasteiger partial charge in [-0.1, -0.05) is 12.8 Å². The third kappa shape index (κ3) is 2.93. The van der Waals surface area contributed by atoms with Crippen LogP contribution in [-0.4, -0.2) is 39.2 Å². The Morgan fingerprint density at radius 1 is 1.53 bits per heavy atom. The van der Waals surface area contributed by atoms with Gasteiger partial charge < -0.3 is 10.0 Å². The Kier molecular flexibility index (Phi) is 4.16. The van der Waals surface area contributed by atoms with Crippen molar-refractivity contribution in [1.29, 1.82) is 0 Å². The number of likely N-dealkylation sites (N-methyl/N-ethyl adjacent to an activating group) is 1. The van der Waals surface area contributed by atoms with E-state index in [0.717, 1.165) is 25.5 Å². The van der Waals surface area contributed by atoms with Crippen LogP contribution < -0.4 is 4.90 Å². The maximum atomic E-state index is 11.0. The Bertz CT molecular complexity index is 485. The van der Waals surface area contributed by atoms with Crippen LogP contribution in [0.5, 0.6) is 0 Å². The normalized spacial score (nSPS) is 23.1. The number of aliphatic hydroxyl groups is 1. The van der Waals surface area contributed by atoms with E-state index in [4.69, 9.17) is 11.6 Å². The van der Waals surface area contributed by atoms with E-state index in [1.54, 1.807) is 11.9 Å². The zero-order chi connectivity index (χ0) is 14.0. The Morgan fingerprint density at radius 3 is 2.84 bits per heavy atom. The average molecular weight is 287 g/mol. The smallest absolute Gasteiger partial charge is 0.329 e. The molecule has 0 saturated heterocycles. The standard InChI is InChI=1S/C11H15ClN4O3/c1-15(7-4-2-3-5-9(7)17)10-8(16(18)19)6-13-11(12)14-10/h6-7,9,17H,2-5H2,1H3. The topological polar surface area (TPSA) is 92.4 Å². The Morgan fingerprint density at radius 2 is 2.21 bits per heavy atom. The Labute approximate surface area is 115 Å². The number of anilines is 1. The molecule has 0 bridgehead atoms. The van der Waals surface area contributed by atoms with Crippen molar-refractivity contribution in [2.75, 3.05) is 11.9 Å². The van der Waals surface area contributed by atoms with E-state index in [9.17, 15) is 15.2 Å². The van der Waals surface area contributed by atoms with Gasteiger partial charge in [-0.2, -0.15) is 4.98 Å². The van der Waals surface area contributed by atoms with Gasteiger partial charge in [-0.15, -0.1) is 0 Å². The molecule has 1 fully saturated rings. The second-order valence-electron chi connectivity index (χ2n) is 4.64. The highest BCUT2D eigenvalue weighted by Crippen LogP contribution is 2.31. The Balaban J connectivity index is 2.34. The maximum Gasteiger partial charge on any atom is 0.329 e. The first kappa shape index (κ1) is 14.0. The fourth-order valence-corrected chi connectivity index (χ4v) is 2.56. The van der Waals surface area contributed by atoms with E-state index in [-0.39, 0.29) is 22.8 Å². The molecule has 1 aliphatic carbocycles. The van der Waals surface area contributed by atoms with Crippen molar-refractivity contribution in [3.8, 4) is 0 Å². The molecule has 2 atom stereocenters. The van der Waals surface area contributed by atoms with Crippen LogP contribution in [0.1, 0.15) is 25.7 Å². The first-order chi connectivity index (χ1) is 9.00. The molecule has 2 unspecified atom stereocenters. The van der Waals surface area contributed by atoms with Crippen LogP contribution in [0.15, 0.2) is 6.20 Å². The van der Waals surface area contributed by atoms with E-state index >= 15 is 0 Å². The molecular formula is C11H15ClN4O3. The third-order valence-corrected chi connectivity index (χ3v) is 3.62. The monoisotopic (exact) mass is 286 g/mol. The van der Waals surface area contributed by atoms with Gasteiger partial charge in [0.1, 0.15) is 6.20 Å². The highest BCUT2D eigenvalue weighted by molar-refractivity contribution is 6.28. The van der Waals surface area contributed by atoms with Gasteiger partial charge in [0.05, 0.1) is 17.1 Å². The van der Waals surface area contributed by atoms with Gasteiger partial charge >= 0.3 is 5.69 Å². The minimum Gasteiger partial charge on any atom is -0.391 e. The van der Waals surface area contributed by atoms with Crippen molar-refractivity contribution < 1.29 is 10.0 Å². The summed E-state index contributed by atoms with van der Waals surface area (Å²) < 4.78 is 0. The molecule has 0 amide bonds. The number of rotatable bonds is 3. The summed E-state index contributed by atoms with van der Waals surface area (Å²) in [6.45, 7) is 0. The average Bonchev–Trinajstić information content (AvgIpc) is 2.38. The zero-order valence-electron chi connectivity index (χ0n) is 10.5. The SMILES string of the molecule is CN(c1nc(Cl)ncc1[N+](=O)[O-])C1CCCCC1O. The summed E-state index contributed by atoms with van der Waals surface area (Å²) in [7, 11) is 1.69. The number of aliphatic hydroxyl groups excluding tert-OH is 1. The number of nitro groups is 1. The summed E-state index contributed by atoms with van der Waals surface area (Å²) in [5.41, 5.74) is -0.204. The molecule has 8 heteroatoms. The lowest BCUT2D eigenvalue weighted by atomic mass is 9.91. The molecule has 7 nitrogen and oxygen atoms in total. The second-order valence-corrected chi connectivity index (χ2v) is 4.97. The number of nitrogens with zero attached hydrogens (tertiary/aromatic N) is 4. The second kappa shape index (κ2) is 5.66. The van der Waals surface area contributed by atoms with Crippen LogP contribution in [-0.2, 0) is 0 Å².